The quantitative estimate of drug-likeness (QED) is 0.895. The lowest BCUT2D eigenvalue weighted by molar-refractivity contribution is 0.593. The predicted octanol–water partition coefficient (Wildman–Crippen LogP) is 3.37. The number of halogens is 1. The van der Waals surface area contributed by atoms with Crippen LogP contribution >= 0.6 is 11.3 Å². The van der Waals surface area contributed by atoms with Crippen molar-refractivity contribution in [2.75, 3.05) is 0 Å². The molecule has 2 aromatic rings. The maximum atomic E-state index is 13.5. The van der Waals surface area contributed by atoms with E-state index in [4.69, 9.17) is 0 Å². The molecule has 0 bridgehead atoms. The Kier molecular flexibility index (Phi) is 4.44. The van der Waals surface area contributed by atoms with Gasteiger partial charge in [-0.05, 0) is 11.6 Å². The zero-order valence-corrected chi connectivity index (χ0v) is 11.4. The number of benzene rings is 1. The standard InChI is InChI=1S/C14H17FN2S/c1-10(2)16-8-12-9-17-14(18-12)7-11-5-3-4-6-13(11)15/h3-6,9-10,16H,7-8H2,1-2H3. The molecule has 1 heterocycles. The summed E-state index contributed by atoms with van der Waals surface area (Å²) < 4.78 is 13.5. The van der Waals surface area contributed by atoms with Gasteiger partial charge in [0.05, 0.1) is 5.01 Å². The number of thiazole rings is 1. The van der Waals surface area contributed by atoms with E-state index in [1.807, 2.05) is 18.3 Å². The summed E-state index contributed by atoms with van der Waals surface area (Å²) in [4.78, 5) is 5.53. The van der Waals surface area contributed by atoms with Gasteiger partial charge in [-0.2, -0.15) is 0 Å². The van der Waals surface area contributed by atoms with Gasteiger partial charge in [-0.15, -0.1) is 11.3 Å². The van der Waals surface area contributed by atoms with Crippen LogP contribution in [0.25, 0.3) is 0 Å². The van der Waals surface area contributed by atoms with E-state index >= 15 is 0 Å². The molecule has 0 saturated carbocycles. The van der Waals surface area contributed by atoms with Gasteiger partial charge in [0.2, 0.25) is 0 Å². The number of nitrogens with one attached hydrogen (secondary N) is 1. The van der Waals surface area contributed by atoms with Crippen molar-refractivity contribution < 1.29 is 4.39 Å². The Hall–Kier alpha value is -1.26. The van der Waals surface area contributed by atoms with Crippen LogP contribution in [0.2, 0.25) is 0 Å². The molecule has 0 atom stereocenters. The van der Waals surface area contributed by atoms with E-state index in [1.165, 1.54) is 10.9 Å². The van der Waals surface area contributed by atoms with E-state index in [1.54, 1.807) is 17.4 Å². The zero-order chi connectivity index (χ0) is 13.0. The summed E-state index contributed by atoms with van der Waals surface area (Å²) in [5, 5.41) is 4.31. The van der Waals surface area contributed by atoms with Crippen LogP contribution in [0.3, 0.4) is 0 Å². The van der Waals surface area contributed by atoms with Crippen molar-refractivity contribution in [1.82, 2.24) is 10.3 Å². The fraction of sp³-hybridized carbons (Fsp3) is 0.357. The molecule has 0 saturated heterocycles. The number of nitrogens with zero attached hydrogens (tertiary/aromatic N) is 1. The Bertz CT molecular complexity index is 508. The second kappa shape index (κ2) is 6.07. The van der Waals surface area contributed by atoms with Crippen molar-refractivity contribution >= 4 is 11.3 Å². The number of aromatic nitrogens is 1. The first kappa shape index (κ1) is 13.2. The molecule has 1 aromatic carbocycles. The van der Waals surface area contributed by atoms with Crippen LogP contribution in [-0.2, 0) is 13.0 Å². The summed E-state index contributed by atoms with van der Waals surface area (Å²) in [6.07, 6.45) is 2.44. The third-order valence-electron chi connectivity index (χ3n) is 2.59. The van der Waals surface area contributed by atoms with Gasteiger partial charge >= 0.3 is 0 Å². The Morgan fingerprint density at radius 1 is 1.33 bits per heavy atom. The lowest BCUT2D eigenvalue weighted by atomic mass is 10.1. The van der Waals surface area contributed by atoms with E-state index in [2.05, 4.69) is 24.1 Å². The first-order valence-electron chi connectivity index (χ1n) is 6.05. The molecule has 0 amide bonds. The van der Waals surface area contributed by atoms with Gasteiger partial charge in [-0.25, -0.2) is 9.37 Å². The predicted molar refractivity (Wildman–Crippen MR) is 73.3 cm³/mol. The molecule has 4 heteroatoms. The first-order chi connectivity index (χ1) is 8.65. The van der Waals surface area contributed by atoms with Crippen LogP contribution in [-0.4, -0.2) is 11.0 Å². The average Bonchev–Trinajstić information content (AvgIpc) is 2.77. The Labute approximate surface area is 111 Å². The highest BCUT2D eigenvalue weighted by Gasteiger charge is 2.06. The summed E-state index contributed by atoms with van der Waals surface area (Å²) in [6.45, 7) is 5.05. The summed E-state index contributed by atoms with van der Waals surface area (Å²) in [7, 11) is 0. The van der Waals surface area contributed by atoms with Crippen LogP contribution in [0.1, 0.15) is 29.3 Å². The molecule has 0 radical (unpaired) electrons. The number of rotatable bonds is 5. The fourth-order valence-corrected chi connectivity index (χ4v) is 2.52. The Balaban J connectivity index is 2.00. The van der Waals surface area contributed by atoms with Gasteiger partial charge in [0, 0.05) is 30.1 Å². The van der Waals surface area contributed by atoms with Crippen molar-refractivity contribution in [2.45, 2.75) is 32.9 Å². The normalized spacial score (nSPS) is 11.1. The van der Waals surface area contributed by atoms with Crippen molar-refractivity contribution in [1.29, 1.82) is 0 Å². The van der Waals surface area contributed by atoms with Crippen molar-refractivity contribution in [3.63, 3.8) is 0 Å². The molecule has 0 fully saturated rings. The largest absolute Gasteiger partial charge is 0.310 e. The molecule has 1 aromatic heterocycles. The number of hydrogen-bond donors (Lipinski definition) is 1. The van der Waals surface area contributed by atoms with Crippen LogP contribution in [0.4, 0.5) is 4.39 Å². The molecule has 2 rings (SSSR count). The van der Waals surface area contributed by atoms with Crippen molar-refractivity contribution in [3.05, 3.63) is 51.7 Å². The molecule has 0 unspecified atom stereocenters. The zero-order valence-electron chi connectivity index (χ0n) is 10.6. The average molecular weight is 264 g/mol. The maximum absolute atomic E-state index is 13.5. The maximum Gasteiger partial charge on any atom is 0.126 e. The van der Waals surface area contributed by atoms with E-state index in [0.29, 0.717) is 18.0 Å². The van der Waals surface area contributed by atoms with E-state index in [9.17, 15) is 4.39 Å². The lowest BCUT2D eigenvalue weighted by Gasteiger charge is -2.04. The van der Waals surface area contributed by atoms with Crippen LogP contribution in [0, 0.1) is 5.82 Å². The fourth-order valence-electron chi connectivity index (χ4n) is 1.62. The molecule has 2 nitrogen and oxygen atoms in total. The Morgan fingerprint density at radius 2 is 2.11 bits per heavy atom. The van der Waals surface area contributed by atoms with Gasteiger partial charge in [0.1, 0.15) is 5.82 Å². The highest BCUT2D eigenvalue weighted by molar-refractivity contribution is 7.11. The topological polar surface area (TPSA) is 24.9 Å². The third kappa shape index (κ3) is 3.62. The molecule has 96 valence electrons. The third-order valence-corrected chi connectivity index (χ3v) is 3.58. The molecule has 1 N–H and O–H groups in total. The van der Waals surface area contributed by atoms with E-state index in [0.717, 1.165) is 11.6 Å². The highest BCUT2D eigenvalue weighted by atomic mass is 32.1. The summed E-state index contributed by atoms with van der Waals surface area (Å²) in [6, 6.07) is 7.32. The van der Waals surface area contributed by atoms with Crippen LogP contribution in [0.5, 0.6) is 0 Å². The minimum Gasteiger partial charge on any atom is -0.310 e. The molecule has 18 heavy (non-hydrogen) atoms. The SMILES string of the molecule is CC(C)NCc1cnc(Cc2ccccc2F)s1. The molecular formula is C14H17FN2S. The second-order valence-electron chi connectivity index (χ2n) is 4.52. The van der Waals surface area contributed by atoms with Crippen molar-refractivity contribution in [3.8, 4) is 0 Å². The van der Waals surface area contributed by atoms with Crippen LogP contribution < -0.4 is 5.32 Å². The minimum atomic E-state index is -0.158. The van der Waals surface area contributed by atoms with E-state index in [-0.39, 0.29) is 5.82 Å². The molecule has 0 aliphatic heterocycles. The lowest BCUT2D eigenvalue weighted by Crippen LogP contribution is -2.21. The van der Waals surface area contributed by atoms with Gasteiger partial charge in [0.25, 0.3) is 0 Å². The molecule has 0 spiro atoms. The molecule has 0 aliphatic carbocycles. The molecular weight excluding hydrogens is 247 g/mol. The smallest absolute Gasteiger partial charge is 0.126 e. The van der Waals surface area contributed by atoms with Crippen LogP contribution in [0.15, 0.2) is 30.5 Å². The summed E-state index contributed by atoms with van der Waals surface area (Å²) in [5.41, 5.74) is 0.704. The molecule has 0 aliphatic rings. The van der Waals surface area contributed by atoms with Gasteiger partial charge in [0.15, 0.2) is 0 Å². The number of hydrogen-bond acceptors (Lipinski definition) is 3. The summed E-state index contributed by atoms with van der Waals surface area (Å²) >= 11 is 1.64. The monoisotopic (exact) mass is 264 g/mol. The first-order valence-corrected chi connectivity index (χ1v) is 6.87. The van der Waals surface area contributed by atoms with Gasteiger partial charge < -0.3 is 5.32 Å². The van der Waals surface area contributed by atoms with Gasteiger partial charge in [-0.1, -0.05) is 32.0 Å². The Morgan fingerprint density at radius 3 is 2.83 bits per heavy atom. The van der Waals surface area contributed by atoms with Gasteiger partial charge in [-0.3, -0.25) is 0 Å². The highest BCUT2D eigenvalue weighted by Crippen LogP contribution is 2.18. The second-order valence-corrected chi connectivity index (χ2v) is 5.72. The summed E-state index contributed by atoms with van der Waals surface area (Å²) in [5.74, 6) is -0.158. The van der Waals surface area contributed by atoms with E-state index < -0.39 is 0 Å². The minimum absolute atomic E-state index is 0.158. The van der Waals surface area contributed by atoms with Crippen molar-refractivity contribution in [2.24, 2.45) is 0 Å².